The number of hydrogen-bond donors (Lipinski definition) is 0. The average molecular weight is 413 g/mol. The molecule has 2 aromatic carbocycles. The van der Waals surface area contributed by atoms with E-state index in [1.807, 2.05) is 60.1 Å². The van der Waals surface area contributed by atoms with E-state index in [-0.39, 0.29) is 0 Å². The largest absolute Gasteiger partial charge is 0.497 e. The lowest BCUT2D eigenvalue weighted by Gasteiger charge is -2.04. The van der Waals surface area contributed by atoms with Gasteiger partial charge < -0.3 is 13.7 Å². The van der Waals surface area contributed by atoms with E-state index in [1.165, 1.54) is 11.8 Å². The van der Waals surface area contributed by atoms with Crippen LogP contribution in [0.2, 0.25) is 5.02 Å². The fraction of sp³-hybridized carbons (Fsp3) is 0.150. The first kappa shape index (κ1) is 18.6. The predicted octanol–water partition coefficient (Wildman–Crippen LogP) is 5.09. The number of nitrogens with zero attached hydrogens (tertiary/aromatic N) is 4. The molecular weight excluding hydrogens is 396 g/mol. The van der Waals surface area contributed by atoms with Crippen molar-refractivity contribution in [1.29, 1.82) is 0 Å². The predicted molar refractivity (Wildman–Crippen MR) is 110 cm³/mol. The molecule has 8 heteroatoms. The first-order chi connectivity index (χ1) is 13.6. The number of aromatic nitrogens is 4. The van der Waals surface area contributed by atoms with Crippen molar-refractivity contribution >= 4 is 23.4 Å². The van der Waals surface area contributed by atoms with Crippen molar-refractivity contribution in [3.8, 4) is 28.5 Å². The minimum Gasteiger partial charge on any atom is -0.497 e. The Morgan fingerprint density at radius 1 is 1.11 bits per heavy atom. The van der Waals surface area contributed by atoms with Crippen LogP contribution in [0.5, 0.6) is 5.75 Å². The molecule has 28 heavy (non-hydrogen) atoms. The van der Waals surface area contributed by atoms with Crippen LogP contribution in [0, 0.1) is 0 Å². The summed E-state index contributed by atoms with van der Waals surface area (Å²) >= 11 is 7.56. The number of ether oxygens (including phenoxy) is 1. The maximum atomic E-state index is 6.04. The summed E-state index contributed by atoms with van der Waals surface area (Å²) < 4.78 is 13.0. The fourth-order valence-electron chi connectivity index (χ4n) is 2.71. The standard InChI is InChI=1S/C20H17ClN4O2S/c1-25-19(13-6-8-16(26-2)9-7-13)23-24-20(25)28-12-18-22-11-17(27-18)14-4-3-5-15(21)10-14/h3-11H,12H2,1-2H3. The number of benzene rings is 2. The van der Waals surface area contributed by atoms with Crippen LogP contribution in [0.3, 0.4) is 0 Å². The summed E-state index contributed by atoms with van der Waals surface area (Å²) in [5.41, 5.74) is 1.87. The smallest absolute Gasteiger partial charge is 0.205 e. The highest BCUT2D eigenvalue weighted by Crippen LogP contribution is 2.28. The average Bonchev–Trinajstić information content (AvgIpc) is 3.33. The van der Waals surface area contributed by atoms with Gasteiger partial charge in [-0.2, -0.15) is 0 Å². The van der Waals surface area contributed by atoms with Gasteiger partial charge in [0.25, 0.3) is 0 Å². The zero-order valence-corrected chi connectivity index (χ0v) is 16.9. The zero-order valence-electron chi connectivity index (χ0n) is 15.3. The highest BCUT2D eigenvalue weighted by Gasteiger charge is 2.13. The van der Waals surface area contributed by atoms with Crippen LogP contribution in [0.25, 0.3) is 22.7 Å². The van der Waals surface area contributed by atoms with Gasteiger partial charge in [0.15, 0.2) is 16.7 Å². The summed E-state index contributed by atoms with van der Waals surface area (Å²) in [6.45, 7) is 0. The summed E-state index contributed by atoms with van der Waals surface area (Å²) in [6, 6.07) is 15.2. The first-order valence-electron chi connectivity index (χ1n) is 8.51. The maximum Gasteiger partial charge on any atom is 0.205 e. The lowest BCUT2D eigenvalue weighted by Crippen LogP contribution is -1.95. The number of oxazole rings is 1. The number of rotatable bonds is 6. The van der Waals surface area contributed by atoms with Gasteiger partial charge in [0.1, 0.15) is 5.75 Å². The monoisotopic (exact) mass is 412 g/mol. The quantitative estimate of drug-likeness (QED) is 0.411. The molecule has 0 fully saturated rings. The summed E-state index contributed by atoms with van der Waals surface area (Å²) in [5.74, 6) is 3.45. The van der Waals surface area contributed by atoms with E-state index in [0.717, 1.165) is 27.9 Å². The third-order valence-corrected chi connectivity index (χ3v) is 5.41. The molecule has 0 radical (unpaired) electrons. The molecule has 0 N–H and O–H groups in total. The normalized spacial score (nSPS) is 11.0. The highest BCUT2D eigenvalue weighted by molar-refractivity contribution is 7.98. The molecule has 0 aliphatic rings. The molecule has 0 saturated heterocycles. The molecule has 0 aliphatic carbocycles. The Hall–Kier alpha value is -2.77. The molecule has 0 atom stereocenters. The van der Waals surface area contributed by atoms with Crippen LogP contribution in [-0.2, 0) is 12.8 Å². The molecule has 6 nitrogen and oxygen atoms in total. The van der Waals surface area contributed by atoms with Crippen LogP contribution in [0.4, 0.5) is 0 Å². The maximum absolute atomic E-state index is 6.04. The van der Waals surface area contributed by atoms with E-state index in [4.69, 9.17) is 20.8 Å². The van der Waals surface area contributed by atoms with E-state index in [1.54, 1.807) is 13.3 Å². The van der Waals surface area contributed by atoms with Gasteiger partial charge in [-0.15, -0.1) is 10.2 Å². The van der Waals surface area contributed by atoms with E-state index < -0.39 is 0 Å². The fourth-order valence-corrected chi connectivity index (χ4v) is 3.67. The van der Waals surface area contributed by atoms with Crippen molar-refractivity contribution in [3.63, 3.8) is 0 Å². The molecule has 142 valence electrons. The second kappa shape index (κ2) is 8.08. The molecule has 0 bridgehead atoms. The Bertz CT molecular complexity index is 1090. The van der Waals surface area contributed by atoms with Crippen molar-refractivity contribution in [2.75, 3.05) is 7.11 Å². The third-order valence-electron chi connectivity index (χ3n) is 4.17. The van der Waals surface area contributed by atoms with Crippen molar-refractivity contribution < 1.29 is 9.15 Å². The molecule has 0 spiro atoms. The molecular formula is C20H17ClN4O2S. The van der Waals surface area contributed by atoms with Gasteiger partial charge in [0, 0.05) is 23.2 Å². The van der Waals surface area contributed by atoms with Crippen molar-refractivity contribution in [1.82, 2.24) is 19.7 Å². The number of hydrogen-bond acceptors (Lipinski definition) is 6. The van der Waals surface area contributed by atoms with Crippen molar-refractivity contribution in [2.24, 2.45) is 7.05 Å². The molecule has 0 aliphatic heterocycles. The Balaban J connectivity index is 1.46. The molecule has 2 aromatic heterocycles. The van der Waals surface area contributed by atoms with E-state index >= 15 is 0 Å². The van der Waals surface area contributed by atoms with Crippen molar-refractivity contribution in [3.05, 3.63) is 65.6 Å². The Labute approximate surface area is 171 Å². The van der Waals surface area contributed by atoms with Crippen LogP contribution in [-0.4, -0.2) is 26.9 Å². The van der Waals surface area contributed by atoms with Gasteiger partial charge in [-0.05, 0) is 36.4 Å². The SMILES string of the molecule is COc1ccc(-c2nnc(SCc3ncc(-c4cccc(Cl)c4)o3)n2C)cc1. The van der Waals surface area contributed by atoms with Crippen molar-refractivity contribution in [2.45, 2.75) is 10.9 Å². The topological polar surface area (TPSA) is 66.0 Å². The number of halogens is 1. The summed E-state index contributed by atoms with van der Waals surface area (Å²) in [5, 5.41) is 10.0. The second-order valence-corrected chi connectivity index (χ2v) is 7.39. The van der Waals surface area contributed by atoms with Crippen LogP contribution in [0.1, 0.15) is 5.89 Å². The highest BCUT2D eigenvalue weighted by atomic mass is 35.5. The van der Waals surface area contributed by atoms with Crippen LogP contribution < -0.4 is 4.74 Å². The van der Waals surface area contributed by atoms with E-state index in [9.17, 15) is 0 Å². The van der Waals surface area contributed by atoms with Gasteiger partial charge in [0.05, 0.1) is 19.1 Å². The lowest BCUT2D eigenvalue weighted by atomic mass is 10.2. The molecule has 0 saturated carbocycles. The minimum atomic E-state index is 0.551. The minimum absolute atomic E-state index is 0.551. The van der Waals surface area contributed by atoms with Crippen LogP contribution in [0.15, 0.2) is 64.3 Å². The number of methoxy groups -OCH3 is 1. The van der Waals surface area contributed by atoms with E-state index in [2.05, 4.69) is 15.2 Å². The zero-order chi connectivity index (χ0) is 19.5. The van der Waals surface area contributed by atoms with Crippen LogP contribution >= 0.6 is 23.4 Å². The first-order valence-corrected chi connectivity index (χ1v) is 9.87. The summed E-state index contributed by atoms with van der Waals surface area (Å²) in [4.78, 5) is 4.35. The Morgan fingerprint density at radius 3 is 2.68 bits per heavy atom. The Kier molecular flexibility index (Phi) is 5.36. The number of thioether (sulfide) groups is 1. The van der Waals surface area contributed by atoms with Gasteiger partial charge in [-0.25, -0.2) is 4.98 Å². The molecule has 4 rings (SSSR count). The van der Waals surface area contributed by atoms with Gasteiger partial charge >= 0.3 is 0 Å². The third kappa shape index (κ3) is 3.90. The molecule has 0 unspecified atom stereocenters. The summed E-state index contributed by atoms with van der Waals surface area (Å²) in [6.07, 6.45) is 1.71. The van der Waals surface area contributed by atoms with E-state index in [0.29, 0.717) is 22.4 Å². The second-order valence-electron chi connectivity index (χ2n) is 6.01. The van der Waals surface area contributed by atoms with Gasteiger partial charge in [-0.3, -0.25) is 0 Å². The van der Waals surface area contributed by atoms with Gasteiger partial charge in [-0.1, -0.05) is 35.5 Å². The lowest BCUT2D eigenvalue weighted by molar-refractivity contribution is 0.415. The van der Waals surface area contributed by atoms with Gasteiger partial charge in [0.2, 0.25) is 5.89 Å². The summed E-state index contributed by atoms with van der Waals surface area (Å²) in [7, 11) is 3.58. The molecule has 0 amide bonds. The molecule has 2 heterocycles. The Morgan fingerprint density at radius 2 is 1.93 bits per heavy atom. The molecule has 4 aromatic rings.